The fraction of sp³-hybridized carbons (Fsp3) is 0.143. The molecule has 4 N–H and O–H groups in total. The van der Waals surface area contributed by atoms with Gasteiger partial charge in [-0.15, -0.1) is 0 Å². The molecule has 0 radical (unpaired) electrons. The topological polar surface area (TPSA) is 86.2 Å². The second kappa shape index (κ2) is 4.04. The number of halogens is 2. The highest BCUT2D eigenvalue weighted by molar-refractivity contribution is 7.89. The number of sulfonamides is 1. The normalized spacial score (nSPS) is 11.7. The Bertz CT molecular complexity index is 459. The summed E-state index contributed by atoms with van der Waals surface area (Å²) in [4.78, 5) is -0.163. The van der Waals surface area contributed by atoms with Crippen LogP contribution >= 0.6 is 23.2 Å². The van der Waals surface area contributed by atoms with Crippen LogP contribution in [0.3, 0.4) is 0 Å². The van der Waals surface area contributed by atoms with Crippen LogP contribution in [0.25, 0.3) is 0 Å². The fourth-order valence-electron chi connectivity index (χ4n) is 0.946. The molecule has 7 heteroatoms. The van der Waals surface area contributed by atoms with E-state index in [2.05, 4.69) is 0 Å². The summed E-state index contributed by atoms with van der Waals surface area (Å²) in [5.41, 5.74) is 5.84. The third kappa shape index (κ3) is 2.37. The summed E-state index contributed by atoms with van der Waals surface area (Å²) in [6.45, 7) is 0.124. The van der Waals surface area contributed by atoms with E-state index in [0.29, 0.717) is 10.6 Å². The lowest BCUT2D eigenvalue weighted by atomic mass is 10.2. The van der Waals surface area contributed by atoms with Gasteiger partial charge >= 0.3 is 0 Å². The average molecular weight is 255 g/mol. The molecule has 0 aliphatic carbocycles. The van der Waals surface area contributed by atoms with E-state index in [-0.39, 0.29) is 16.5 Å². The first-order valence-corrected chi connectivity index (χ1v) is 5.87. The molecule has 0 aromatic heterocycles. The van der Waals surface area contributed by atoms with Crippen molar-refractivity contribution >= 4 is 33.2 Å². The third-order valence-electron chi connectivity index (χ3n) is 1.63. The summed E-state index contributed by atoms with van der Waals surface area (Å²) in [6.07, 6.45) is 0. The van der Waals surface area contributed by atoms with Gasteiger partial charge in [0.05, 0.1) is 5.02 Å². The monoisotopic (exact) mass is 254 g/mol. The van der Waals surface area contributed by atoms with Crippen LogP contribution in [0.15, 0.2) is 17.0 Å². The molecule has 0 heterocycles. The molecule has 0 bridgehead atoms. The minimum atomic E-state index is -3.83. The van der Waals surface area contributed by atoms with Gasteiger partial charge < -0.3 is 5.73 Å². The van der Waals surface area contributed by atoms with Gasteiger partial charge in [-0.1, -0.05) is 23.2 Å². The van der Waals surface area contributed by atoms with Crippen molar-refractivity contribution in [2.24, 2.45) is 10.9 Å². The Morgan fingerprint density at radius 1 is 1.21 bits per heavy atom. The molecule has 4 nitrogen and oxygen atoms in total. The Morgan fingerprint density at radius 3 is 2.21 bits per heavy atom. The van der Waals surface area contributed by atoms with Crippen LogP contribution in [-0.2, 0) is 16.6 Å². The fourth-order valence-corrected chi connectivity index (χ4v) is 2.37. The SMILES string of the molecule is NCc1cc(S(N)(=O)=O)c(Cl)cc1Cl. The van der Waals surface area contributed by atoms with Gasteiger partial charge in [-0.05, 0) is 17.7 Å². The van der Waals surface area contributed by atoms with Crippen molar-refractivity contribution in [2.45, 2.75) is 11.4 Å². The minimum Gasteiger partial charge on any atom is -0.326 e. The smallest absolute Gasteiger partial charge is 0.239 e. The largest absolute Gasteiger partial charge is 0.326 e. The number of hydrogen-bond acceptors (Lipinski definition) is 3. The zero-order chi connectivity index (χ0) is 10.9. The average Bonchev–Trinajstić information content (AvgIpc) is 2.02. The van der Waals surface area contributed by atoms with Crippen molar-refractivity contribution in [3.05, 3.63) is 27.7 Å². The highest BCUT2D eigenvalue weighted by atomic mass is 35.5. The molecule has 0 atom stereocenters. The zero-order valence-electron chi connectivity index (χ0n) is 7.00. The first-order chi connectivity index (χ1) is 6.36. The van der Waals surface area contributed by atoms with Gasteiger partial charge in [0, 0.05) is 11.6 Å². The lowest BCUT2D eigenvalue weighted by molar-refractivity contribution is 0.597. The number of hydrogen-bond donors (Lipinski definition) is 2. The molecule has 1 aromatic carbocycles. The van der Waals surface area contributed by atoms with Crippen molar-refractivity contribution in [1.29, 1.82) is 0 Å². The predicted molar refractivity (Wildman–Crippen MR) is 55.7 cm³/mol. The van der Waals surface area contributed by atoms with E-state index in [1.165, 1.54) is 12.1 Å². The number of primary sulfonamides is 1. The molecular formula is C7H8Cl2N2O2S. The van der Waals surface area contributed by atoms with E-state index >= 15 is 0 Å². The van der Waals surface area contributed by atoms with Crippen molar-refractivity contribution in [3.63, 3.8) is 0 Å². The van der Waals surface area contributed by atoms with Crippen LogP contribution in [0.5, 0.6) is 0 Å². The van der Waals surface area contributed by atoms with Crippen LogP contribution in [0.2, 0.25) is 10.0 Å². The Balaban J connectivity index is 3.47. The van der Waals surface area contributed by atoms with Crippen LogP contribution in [-0.4, -0.2) is 8.42 Å². The molecule has 78 valence electrons. The Labute approximate surface area is 91.8 Å². The molecular weight excluding hydrogens is 247 g/mol. The summed E-state index contributed by atoms with van der Waals surface area (Å²) in [5.74, 6) is 0. The predicted octanol–water partition coefficient (Wildman–Crippen LogP) is 1.10. The molecule has 1 rings (SSSR count). The quantitative estimate of drug-likeness (QED) is 0.829. The van der Waals surface area contributed by atoms with Crippen molar-refractivity contribution in [2.75, 3.05) is 0 Å². The first-order valence-electron chi connectivity index (χ1n) is 3.57. The Kier molecular flexibility index (Phi) is 3.39. The van der Waals surface area contributed by atoms with Gasteiger partial charge in [-0.25, -0.2) is 13.6 Å². The lowest BCUT2D eigenvalue weighted by Gasteiger charge is -2.06. The third-order valence-corrected chi connectivity index (χ3v) is 3.35. The molecule has 0 saturated heterocycles. The van der Waals surface area contributed by atoms with Gasteiger partial charge in [0.25, 0.3) is 0 Å². The second-order valence-corrected chi connectivity index (χ2v) is 4.97. The number of rotatable bonds is 2. The van der Waals surface area contributed by atoms with Crippen molar-refractivity contribution in [1.82, 2.24) is 0 Å². The molecule has 0 aliphatic rings. The standard InChI is InChI=1S/C7H8Cl2N2O2S/c8-5-2-6(9)7(14(11,12)13)1-4(5)3-10/h1-2H,3,10H2,(H2,11,12,13). The molecule has 0 spiro atoms. The number of benzene rings is 1. The summed E-state index contributed by atoms with van der Waals surface area (Å²) in [6, 6.07) is 2.59. The van der Waals surface area contributed by atoms with Gasteiger partial charge in [0.1, 0.15) is 4.90 Å². The molecule has 1 aromatic rings. The second-order valence-electron chi connectivity index (χ2n) is 2.62. The highest BCUT2D eigenvalue weighted by Gasteiger charge is 2.15. The lowest BCUT2D eigenvalue weighted by Crippen LogP contribution is -2.13. The van der Waals surface area contributed by atoms with Gasteiger partial charge in [-0.2, -0.15) is 0 Å². The molecule has 0 fully saturated rings. The van der Waals surface area contributed by atoms with E-state index in [1.807, 2.05) is 0 Å². The summed E-state index contributed by atoms with van der Waals surface area (Å²) in [5, 5.41) is 5.25. The molecule has 0 unspecified atom stereocenters. The number of nitrogens with two attached hydrogens (primary N) is 2. The first kappa shape index (κ1) is 11.7. The Morgan fingerprint density at radius 2 is 1.79 bits per heavy atom. The van der Waals surface area contributed by atoms with Gasteiger partial charge in [-0.3, -0.25) is 0 Å². The zero-order valence-corrected chi connectivity index (χ0v) is 9.33. The molecule has 0 amide bonds. The van der Waals surface area contributed by atoms with Crippen LogP contribution < -0.4 is 10.9 Å². The van der Waals surface area contributed by atoms with Gasteiger partial charge in [0.15, 0.2) is 0 Å². The van der Waals surface area contributed by atoms with E-state index < -0.39 is 10.0 Å². The Hall–Kier alpha value is -0.330. The molecule has 14 heavy (non-hydrogen) atoms. The van der Waals surface area contributed by atoms with E-state index in [4.69, 9.17) is 34.1 Å². The van der Waals surface area contributed by atoms with E-state index in [9.17, 15) is 8.42 Å². The van der Waals surface area contributed by atoms with Crippen LogP contribution in [0.4, 0.5) is 0 Å². The minimum absolute atomic E-state index is 0.00491. The van der Waals surface area contributed by atoms with Gasteiger partial charge in [0.2, 0.25) is 10.0 Å². The molecule has 0 aliphatic heterocycles. The summed E-state index contributed by atoms with van der Waals surface area (Å²) >= 11 is 11.4. The van der Waals surface area contributed by atoms with Crippen molar-refractivity contribution in [3.8, 4) is 0 Å². The van der Waals surface area contributed by atoms with E-state index in [1.54, 1.807) is 0 Å². The maximum Gasteiger partial charge on any atom is 0.239 e. The molecule has 0 saturated carbocycles. The summed E-state index contributed by atoms with van der Waals surface area (Å²) in [7, 11) is -3.83. The highest BCUT2D eigenvalue weighted by Crippen LogP contribution is 2.27. The van der Waals surface area contributed by atoms with Crippen LogP contribution in [0, 0.1) is 0 Å². The summed E-state index contributed by atoms with van der Waals surface area (Å²) < 4.78 is 22.1. The van der Waals surface area contributed by atoms with Crippen LogP contribution in [0.1, 0.15) is 5.56 Å². The maximum atomic E-state index is 11.0. The van der Waals surface area contributed by atoms with Crippen molar-refractivity contribution < 1.29 is 8.42 Å². The maximum absolute atomic E-state index is 11.0. The van der Waals surface area contributed by atoms with E-state index in [0.717, 1.165) is 0 Å².